The van der Waals surface area contributed by atoms with Crippen molar-refractivity contribution in [3.05, 3.63) is 94.2 Å². The molecule has 1 fully saturated rings. The molecular weight excluding hydrogens is 461 g/mol. The van der Waals surface area contributed by atoms with Crippen LogP contribution in [-0.2, 0) is 0 Å². The number of rotatable bonds is 4. The van der Waals surface area contributed by atoms with Crippen LogP contribution in [0.3, 0.4) is 0 Å². The van der Waals surface area contributed by atoms with E-state index in [-0.39, 0.29) is 17.6 Å². The average molecular weight is 482 g/mol. The van der Waals surface area contributed by atoms with Gasteiger partial charge in [0.1, 0.15) is 5.82 Å². The lowest BCUT2D eigenvalue weighted by Gasteiger charge is -2.36. The minimum atomic E-state index is -0.283. The van der Waals surface area contributed by atoms with Crippen LogP contribution in [0.15, 0.2) is 77.3 Å². The first-order valence-corrected chi connectivity index (χ1v) is 10.8. The summed E-state index contributed by atoms with van der Waals surface area (Å²) in [6.45, 7) is 2.40. The standard InChI is InChI=1S/C24H21BrFN3O2/c25-21-7-3-1-5-19(21)23(30)27-22-8-4-2-6-20(22)24(31)29-15-13-28(14-16-29)18-11-9-17(26)10-12-18/h1-12H,13-16H2,(H,27,30). The number of para-hydroxylation sites is 1. The summed E-state index contributed by atoms with van der Waals surface area (Å²) >= 11 is 3.39. The highest BCUT2D eigenvalue weighted by atomic mass is 79.9. The fourth-order valence-electron chi connectivity index (χ4n) is 3.60. The number of benzene rings is 3. The van der Waals surface area contributed by atoms with E-state index in [9.17, 15) is 14.0 Å². The third kappa shape index (κ3) is 4.77. The van der Waals surface area contributed by atoms with Crippen LogP contribution in [0, 0.1) is 5.82 Å². The maximum absolute atomic E-state index is 13.2. The molecule has 31 heavy (non-hydrogen) atoms. The Kier molecular flexibility index (Phi) is 6.32. The van der Waals surface area contributed by atoms with Gasteiger partial charge < -0.3 is 15.1 Å². The molecule has 0 saturated carbocycles. The molecule has 3 aromatic rings. The van der Waals surface area contributed by atoms with Gasteiger partial charge in [0.25, 0.3) is 11.8 Å². The van der Waals surface area contributed by atoms with Gasteiger partial charge in [-0.2, -0.15) is 0 Å². The predicted molar refractivity (Wildman–Crippen MR) is 123 cm³/mol. The van der Waals surface area contributed by atoms with Crippen molar-refractivity contribution >= 4 is 39.1 Å². The third-order valence-corrected chi connectivity index (χ3v) is 5.97. The van der Waals surface area contributed by atoms with Crippen LogP contribution in [0.1, 0.15) is 20.7 Å². The van der Waals surface area contributed by atoms with E-state index in [1.54, 1.807) is 59.5 Å². The predicted octanol–water partition coefficient (Wildman–Crippen LogP) is 4.80. The number of carbonyl (C=O) groups is 2. The molecule has 7 heteroatoms. The molecule has 0 atom stereocenters. The van der Waals surface area contributed by atoms with Crippen molar-refractivity contribution in [3.63, 3.8) is 0 Å². The summed E-state index contributed by atoms with van der Waals surface area (Å²) in [5.74, 6) is -0.672. The van der Waals surface area contributed by atoms with E-state index in [1.807, 2.05) is 6.07 Å². The Hall–Kier alpha value is -3.19. The number of nitrogens with zero attached hydrogens (tertiary/aromatic N) is 2. The molecule has 2 amide bonds. The molecular formula is C24H21BrFN3O2. The topological polar surface area (TPSA) is 52.7 Å². The normalized spacial score (nSPS) is 13.7. The summed E-state index contributed by atoms with van der Waals surface area (Å²) in [6, 6.07) is 20.6. The van der Waals surface area contributed by atoms with Gasteiger partial charge in [0.2, 0.25) is 0 Å². The Morgan fingerprint density at radius 2 is 1.42 bits per heavy atom. The summed E-state index contributed by atoms with van der Waals surface area (Å²) < 4.78 is 13.9. The second-order valence-corrected chi connectivity index (χ2v) is 8.09. The van der Waals surface area contributed by atoms with Crippen LogP contribution in [-0.4, -0.2) is 42.9 Å². The van der Waals surface area contributed by atoms with Crippen LogP contribution in [0.4, 0.5) is 15.8 Å². The summed E-state index contributed by atoms with van der Waals surface area (Å²) in [4.78, 5) is 29.8. The molecule has 0 aromatic heterocycles. The van der Waals surface area contributed by atoms with Gasteiger partial charge in [-0.3, -0.25) is 9.59 Å². The van der Waals surface area contributed by atoms with E-state index in [0.29, 0.717) is 47.5 Å². The molecule has 1 saturated heterocycles. The van der Waals surface area contributed by atoms with Crippen molar-refractivity contribution in [1.82, 2.24) is 4.90 Å². The maximum Gasteiger partial charge on any atom is 0.256 e. The van der Waals surface area contributed by atoms with Crippen LogP contribution in [0.25, 0.3) is 0 Å². The lowest BCUT2D eigenvalue weighted by atomic mass is 10.1. The zero-order valence-corrected chi connectivity index (χ0v) is 18.3. The summed E-state index contributed by atoms with van der Waals surface area (Å²) in [5.41, 5.74) is 2.37. The summed E-state index contributed by atoms with van der Waals surface area (Å²) in [6.07, 6.45) is 0. The lowest BCUT2D eigenvalue weighted by Crippen LogP contribution is -2.49. The minimum absolute atomic E-state index is 0.123. The van der Waals surface area contributed by atoms with Gasteiger partial charge >= 0.3 is 0 Å². The van der Waals surface area contributed by atoms with Crippen molar-refractivity contribution in [1.29, 1.82) is 0 Å². The van der Waals surface area contributed by atoms with Gasteiger partial charge in [0.15, 0.2) is 0 Å². The number of amides is 2. The molecule has 1 N–H and O–H groups in total. The molecule has 1 heterocycles. The summed E-state index contributed by atoms with van der Waals surface area (Å²) in [7, 11) is 0. The Morgan fingerprint density at radius 3 is 2.10 bits per heavy atom. The number of hydrogen-bond acceptors (Lipinski definition) is 3. The number of anilines is 2. The summed E-state index contributed by atoms with van der Waals surface area (Å²) in [5, 5.41) is 2.87. The second-order valence-electron chi connectivity index (χ2n) is 7.24. The van der Waals surface area contributed by atoms with Crippen molar-refractivity contribution in [2.45, 2.75) is 0 Å². The molecule has 1 aliphatic rings. The third-order valence-electron chi connectivity index (χ3n) is 5.28. The highest BCUT2D eigenvalue weighted by Gasteiger charge is 2.24. The van der Waals surface area contributed by atoms with Crippen LogP contribution < -0.4 is 10.2 Å². The molecule has 0 unspecified atom stereocenters. The highest BCUT2D eigenvalue weighted by Crippen LogP contribution is 2.23. The fourth-order valence-corrected chi connectivity index (χ4v) is 4.07. The quantitative estimate of drug-likeness (QED) is 0.581. The molecule has 0 spiro atoms. The highest BCUT2D eigenvalue weighted by molar-refractivity contribution is 9.10. The first kappa shape index (κ1) is 21.1. The van der Waals surface area contributed by atoms with Crippen molar-refractivity contribution in [2.24, 2.45) is 0 Å². The van der Waals surface area contributed by atoms with Gasteiger partial charge in [0.05, 0.1) is 16.8 Å². The second kappa shape index (κ2) is 9.31. The Morgan fingerprint density at radius 1 is 0.806 bits per heavy atom. The van der Waals surface area contributed by atoms with E-state index >= 15 is 0 Å². The Labute approximate surface area is 188 Å². The van der Waals surface area contributed by atoms with E-state index < -0.39 is 0 Å². The molecule has 5 nitrogen and oxygen atoms in total. The number of piperazine rings is 1. The van der Waals surface area contributed by atoms with Crippen molar-refractivity contribution < 1.29 is 14.0 Å². The average Bonchev–Trinajstić information content (AvgIpc) is 2.80. The monoisotopic (exact) mass is 481 g/mol. The Balaban J connectivity index is 1.45. The van der Waals surface area contributed by atoms with Gasteiger partial charge in [-0.05, 0) is 64.5 Å². The zero-order valence-electron chi connectivity index (χ0n) is 16.7. The van der Waals surface area contributed by atoms with Crippen LogP contribution in [0.5, 0.6) is 0 Å². The number of nitrogens with one attached hydrogen (secondary N) is 1. The number of carbonyl (C=O) groups excluding carboxylic acids is 2. The van der Waals surface area contributed by atoms with Gasteiger partial charge in [-0.1, -0.05) is 24.3 Å². The number of hydrogen-bond donors (Lipinski definition) is 1. The molecule has 4 rings (SSSR count). The minimum Gasteiger partial charge on any atom is -0.368 e. The molecule has 0 bridgehead atoms. The van der Waals surface area contributed by atoms with Crippen molar-refractivity contribution in [3.8, 4) is 0 Å². The number of halogens is 2. The first-order chi connectivity index (χ1) is 15.0. The fraction of sp³-hybridized carbons (Fsp3) is 0.167. The molecule has 3 aromatic carbocycles. The van der Waals surface area contributed by atoms with E-state index in [4.69, 9.17) is 0 Å². The van der Waals surface area contributed by atoms with E-state index in [0.717, 1.165) is 5.69 Å². The molecule has 1 aliphatic heterocycles. The zero-order chi connectivity index (χ0) is 21.8. The van der Waals surface area contributed by atoms with Gasteiger partial charge in [-0.15, -0.1) is 0 Å². The van der Waals surface area contributed by atoms with Crippen LogP contribution >= 0.6 is 15.9 Å². The van der Waals surface area contributed by atoms with E-state index in [1.165, 1.54) is 12.1 Å². The smallest absolute Gasteiger partial charge is 0.256 e. The van der Waals surface area contributed by atoms with E-state index in [2.05, 4.69) is 26.1 Å². The molecule has 0 aliphatic carbocycles. The van der Waals surface area contributed by atoms with Crippen molar-refractivity contribution in [2.75, 3.05) is 36.4 Å². The SMILES string of the molecule is O=C(Nc1ccccc1C(=O)N1CCN(c2ccc(F)cc2)CC1)c1ccccc1Br. The first-order valence-electron chi connectivity index (χ1n) is 9.97. The lowest BCUT2D eigenvalue weighted by molar-refractivity contribution is 0.0748. The van der Waals surface area contributed by atoms with Crippen LogP contribution in [0.2, 0.25) is 0 Å². The van der Waals surface area contributed by atoms with Gasteiger partial charge in [0, 0.05) is 36.3 Å². The molecule has 0 radical (unpaired) electrons. The maximum atomic E-state index is 13.2. The van der Waals surface area contributed by atoms with Gasteiger partial charge in [-0.25, -0.2) is 4.39 Å². The Bertz CT molecular complexity index is 1100. The molecule has 158 valence electrons. The largest absolute Gasteiger partial charge is 0.368 e.